The summed E-state index contributed by atoms with van der Waals surface area (Å²) < 4.78 is 2.05. The third-order valence-electron chi connectivity index (χ3n) is 6.65. The topological polar surface area (TPSA) is 103 Å². The van der Waals surface area contributed by atoms with Gasteiger partial charge in [0.15, 0.2) is 11.0 Å². The summed E-state index contributed by atoms with van der Waals surface area (Å²) in [6, 6.07) is 10.3. The molecule has 4 aromatic rings. The molecule has 0 fully saturated rings. The molecule has 37 heavy (non-hydrogen) atoms. The fourth-order valence-corrected chi connectivity index (χ4v) is 7.95. The third kappa shape index (κ3) is 5.10. The summed E-state index contributed by atoms with van der Waals surface area (Å²) in [5.74, 6) is 0.844. The van der Waals surface area contributed by atoms with Crippen molar-refractivity contribution in [3.8, 4) is 22.5 Å². The number of carbonyl (C=O) groups is 2. The molecule has 1 aliphatic rings. The number of thiophene rings is 2. The van der Waals surface area contributed by atoms with Crippen molar-refractivity contribution in [2.24, 2.45) is 11.7 Å². The zero-order valence-corrected chi connectivity index (χ0v) is 23.5. The number of hydrogen-bond donors (Lipinski definition) is 2. The van der Waals surface area contributed by atoms with Gasteiger partial charge >= 0.3 is 0 Å². The zero-order chi connectivity index (χ0) is 26.1. The van der Waals surface area contributed by atoms with E-state index in [1.54, 1.807) is 11.3 Å². The first-order valence-electron chi connectivity index (χ1n) is 12.3. The number of nitrogens with zero attached hydrogens (tertiary/aromatic N) is 3. The highest BCUT2D eigenvalue weighted by Crippen LogP contribution is 2.40. The molecule has 1 aliphatic carbocycles. The first-order valence-corrected chi connectivity index (χ1v) is 15.0. The highest BCUT2D eigenvalue weighted by molar-refractivity contribution is 7.99. The van der Waals surface area contributed by atoms with Gasteiger partial charge in [0.2, 0.25) is 5.91 Å². The van der Waals surface area contributed by atoms with E-state index in [2.05, 4.69) is 53.8 Å². The minimum atomic E-state index is -0.481. The number of nitrogens with one attached hydrogen (secondary N) is 1. The summed E-state index contributed by atoms with van der Waals surface area (Å²) in [7, 11) is 0. The maximum atomic E-state index is 12.9. The average molecular weight is 552 g/mol. The molecule has 192 valence electrons. The molecular formula is C27H29N5O2S3. The number of aromatic nitrogens is 3. The number of primary amides is 1. The Morgan fingerprint density at radius 2 is 2.03 bits per heavy atom. The summed E-state index contributed by atoms with van der Waals surface area (Å²) in [5.41, 5.74) is 10.5. The Bertz CT molecular complexity index is 1450. The molecular weight excluding hydrogens is 523 g/mol. The number of thioether (sulfide) groups is 1. The largest absolute Gasteiger partial charge is 0.365 e. The second-order valence-electron chi connectivity index (χ2n) is 9.25. The van der Waals surface area contributed by atoms with Crippen LogP contribution in [0, 0.1) is 12.8 Å². The van der Waals surface area contributed by atoms with Crippen LogP contribution in [0.4, 0.5) is 5.00 Å². The van der Waals surface area contributed by atoms with Gasteiger partial charge in [0.05, 0.1) is 11.3 Å². The molecule has 7 nitrogen and oxygen atoms in total. The predicted octanol–water partition coefficient (Wildman–Crippen LogP) is 6.02. The third-order valence-corrected chi connectivity index (χ3v) is 9.70. The van der Waals surface area contributed by atoms with Crippen LogP contribution < -0.4 is 11.1 Å². The lowest BCUT2D eigenvalue weighted by Gasteiger charge is -2.18. The summed E-state index contributed by atoms with van der Waals surface area (Å²) in [4.78, 5) is 27.5. The summed E-state index contributed by atoms with van der Waals surface area (Å²) in [5, 5.41) is 15.3. The van der Waals surface area contributed by atoms with E-state index >= 15 is 0 Å². The van der Waals surface area contributed by atoms with E-state index in [0.29, 0.717) is 28.2 Å². The molecule has 5 rings (SSSR count). The van der Waals surface area contributed by atoms with E-state index in [1.165, 1.54) is 28.0 Å². The predicted molar refractivity (Wildman–Crippen MR) is 153 cm³/mol. The van der Waals surface area contributed by atoms with Gasteiger partial charge in [0, 0.05) is 32.8 Å². The molecule has 0 radical (unpaired) electrons. The minimum absolute atomic E-state index is 0.156. The van der Waals surface area contributed by atoms with Crippen molar-refractivity contribution in [3.05, 3.63) is 56.6 Å². The smallest absolute Gasteiger partial charge is 0.251 e. The molecule has 0 aliphatic heterocycles. The number of carbonyl (C=O) groups excluding carboxylic acids is 2. The van der Waals surface area contributed by atoms with Crippen LogP contribution in [0.5, 0.6) is 0 Å². The van der Waals surface area contributed by atoms with Crippen LogP contribution in [-0.4, -0.2) is 32.3 Å². The lowest BCUT2D eigenvalue weighted by molar-refractivity contribution is -0.113. The molecule has 0 saturated heterocycles. The fourth-order valence-electron chi connectivity index (χ4n) is 4.85. The van der Waals surface area contributed by atoms with Crippen LogP contribution >= 0.6 is 34.4 Å². The van der Waals surface area contributed by atoms with Crippen molar-refractivity contribution in [2.45, 2.75) is 51.7 Å². The van der Waals surface area contributed by atoms with Crippen molar-refractivity contribution in [1.82, 2.24) is 14.8 Å². The van der Waals surface area contributed by atoms with E-state index in [0.717, 1.165) is 52.2 Å². The molecule has 1 atom stereocenters. The van der Waals surface area contributed by atoms with E-state index in [1.807, 2.05) is 22.8 Å². The number of rotatable bonds is 8. The van der Waals surface area contributed by atoms with Crippen molar-refractivity contribution < 1.29 is 9.59 Å². The molecule has 3 heterocycles. The van der Waals surface area contributed by atoms with E-state index in [4.69, 9.17) is 5.73 Å². The van der Waals surface area contributed by atoms with Gasteiger partial charge < -0.3 is 15.6 Å². The minimum Gasteiger partial charge on any atom is -0.365 e. The Morgan fingerprint density at radius 3 is 2.76 bits per heavy atom. The van der Waals surface area contributed by atoms with Crippen LogP contribution in [0.15, 0.2) is 40.9 Å². The number of amides is 2. The Labute approximate surface area is 228 Å². The summed E-state index contributed by atoms with van der Waals surface area (Å²) >= 11 is 4.52. The normalized spacial score (nSPS) is 14.9. The Kier molecular flexibility index (Phi) is 7.50. The highest BCUT2D eigenvalue weighted by atomic mass is 32.2. The van der Waals surface area contributed by atoms with E-state index in [9.17, 15) is 9.59 Å². The summed E-state index contributed by atoms with van der Waals surface area (Å²) in [6.07, 6.45) is 2.77. The second-order valence-corrected chi connectivity index (χ2v) is 12.4. The van der Waals surface area contributed by atoms with E-state index in [-0.39, 0.29) is 11.7 Å². The van der Waals surface area contributed by atoms with E-state index < -0.39 is 5.91 Å². The molecule has 3 N–H and O–H groups in total. The van der Waals surface area contributed by atoms with Crippen LogP contribution in [-0.2, 0) is 24.2 Å². The van der Waals surface area contributed by atoms with Gasteiger partial charge in [-0.15, -0.1) is 32.9 Å². The van der Waals surface area contributed by atoms with Gasteiger partial charge in [-0.25, -0.2) is 0 Å². The van der Waals surface area contributed by atoms with Crippen molar-refractivity contribution in [1.29, 1.82) is 0 Å². The zero-order valence-electron chi connectivity index (χ0n) is 21.0. The lowest BCUT2D eigenvalue weighted by atomic mass is 9.88. The first kappa shape index (κ1) is 25.7. The Morgan fingerprint density at radius 1 is 1.24 bits per heavy atom. The number of nitrogens with two attached hydrogens (primary N) is 1. The average Bonchev–Trinajstić information content (AvgIpc) is 3.56. The number of anilines is 1. The maximum absolute atomic E-state index is 12.9. The van der Waals surface area contributed by atoms with Crippen LogP contribution in [0.25, 0.3) is 22.5 Å². The van der Waals surface area contributed by atoms with Gasteiger partial charge in [-0.3, -0.25) is 9.59 Å². The van der Waals surface area contributed by atoms with Crippen LogP contribution in [0.3, 0.4) is 0 Å². The Balaban J connectivity index is 1.34. The monoisotopic (exact) mass is 551 g/mol. The number of benzene rings is 1. The van der Waals surface area contributed by atoms with Gasteiger partial charge in [-0.2, -0.15) is 0 Å². The standard InChI is InChI=1S/C27H29N5O2S3/c1-4-32-25(19-13-35-16(3)22(19)17-8-6-5-7-9-17)30-31-27(32)36-14-21(33)29-26-23(24(28)34)18-11-10-15(2)12-20(18)37-26/h5-9,13,15H,4,10-12,14H2,1-3H3,(H2,28,34)(H,29,33). The molecule has 0 saturated carbocycles. The Hall–Kier alpha value is -2.95. The molecule has 2 amide bonds. The van der Waals surface area contributed by atoms with Crippen molar-refractivity contribution >= 4 is 51.3 Å². The van der Waals surface area contributed by atoms with Crippen LogP contribution in [0.1, 0.15) is 45.9 Å². The summed E-state index contributed by atoms with van der Waals surface area (Å²) in [6.45, 7) is 7.05. The first-order chi connectivity index (χ1) is 17.9. The van der Waals surface area contributed by atoms with Crippen LogP contribution in [0.2, 0.25) is 0 Å². The number of hydrogen-bond acceptors (Lipinski definition) is 7. The molecule has 3 aromatic heterocycles. The second kappa shape index (κ2) is 10.8. The van der Waals surface area contributed by atoms with Gasteiger partial charge in [-0.1, -0.05) is 49.0 Å². The van der Waals surface area contributed by atoms with Gasteiger partial charge in [0.1, 0.15) is 5.00 Å². The quantitative estimate of drug-likeness (QED) is 0.261. The number of aryl methyl sites for hydroxylation is 1. The molecule has 1 unspecified atom stereocenters. The molecule has 0 spiro atoms. The van der Waals surface area contributed by atoms with Crippen molar-refractivity contribution in [2.75, 3.05) is 11.1 Å². The van der Waals surface area contributed by atoms with Gasteiger partial charge in [0.25, 0.3) is 5.91 Å². The van der Waals surface area contributed by atoms with Crippen molar-refractivity contribution in [3.63, 3.8) is 0 Å². The van der Waals surface area contributed by atoms with Gasteiger partial charge in [-0.05, 0) is 50.2 Å². The maximum Gasteiger partial charge on any atom is 0.251 e. The lowest BCUT2D eigenvalue weighted by Crippen LogP contribution is -2.20. The molecule has 10 heteroatoms. The molecule has 0 bridgehead atoms. The SMILES string of the molecule is CCn1c(SCC(=O)Nc2sc3c(c2C(N)=O)CCC(C)C3)nnc1-c1csc(C)c1-c1ccccc1. The molecule has 1 aromatic carbocycles. The number of fused-ring (bicyclic) bond motifs is 1. The highest BCUT2D eigenvalue weighted by Gasteiger charge is 2.27. The fraction of sp³-hybridized carbons (Fsp3) is 0.333.